The van der Waals surface area contributed by atoms with Gasteiger partial charge in [-0.15, -0.1) is 11.3 Å². The van der Waals surface area contributed by atoms with Crippen molar-refractivity contribution in [1.29, 1.82) is 0 Å². The lowest BCUT2D eigenvalue weighted by molar-refractivity contribution is -0.121. The lowest BCUT2D eigenvalue weighted by atomic mass is 9.96. The van der Waals surface area contributed by atoms with Crippen molar-refractivity contribution in [3.63, 3.8) is 0 Å². The summed E-state index contributed by atoms with van der Waals surface area (Å²) in [6, 6.07) is 15.2. The number of piperidine rings is 1. The summed E-state index contributed by atoms with van der Waals surface area (Å²) in [6.45, 7) is 8.77. The zero-order valence-electron chi connectivity index (χ0n) is 23.9. The van der Waals surface area contributed by atoms with Gasteiger partial charge in [0.05, 0.1) is 29.1 Å². The Labute approximate surface area is 249 Å². The van der Waals surface area contributed by atoms with Crippen molar-refractivity contribution in [2.24, 2.45) is 0 Å². The van der Waals surface area contributed by atoms with Crippen LogP contribution in [0.25, 0.3) is 27.5 Å². The number of likely N-dealkylation sites (tertiary alicyclic amines) is 1. The standard InChI is InChI=1S/C33H34ClN3O3S/c1-5-21-9-7-10-22(6-2)30(21)37-29(20(3)4)26(32(39)36-16-8-11-25(38)18-36)17-27(33(37)40)31-35-28(19-41-31)23-12-14-24(34)15-13-23/h7,9-10,12-15,17,19-20H,5-6,8,11,16,18H2,1-4H3. The number of aromatic nitrogens is 2. The fourth-order valence-electron chi connectivity index (χ4n) is 5.58. The molecule has 0 bridgehead atoms. The minimum Gasteiger partial charge on any atom is -0.331 e. The summed E-state index contributed by atoms with van der Waals surface area (Å²) in [5, 5.41) is 3.10. The van der Waals surface area contributed by atoms with E-state index in [0.29, 0.717) is 46.2 Å². The third-order valence-corrected chi connectivity index (χ3v) is 8.75. The topological polar surface area (TPSA) is 72.3 Å². The molecular formula is C33H34ClN3O3S. The molecule has 0 atom stereocenters. The second-order valence-electron chi connectivity index (χ2n) is 10.7. The van der Waals surface area contributed by atoms with Gasteiger partial charge in [-0.05, 0) is 54.5 Å². The third-order valence-electron chi connectivity index (χ3n) is 7.62. The Kier molecular flexibility index (Phi) is 8.57. The number of nitrogens with zero attached hydrogens (tertiary/aromatic N) is 3. The van der Waals surface area contributed by atoms with Crippen molar-refractivity contribution in [1.82, 2.24) is 14.5 Å². The fraction of sp³-hybridized carbons (Fsp3) is 0.333. The van der Waals surface area contributed by atoms with Crippen molar-refractivity contribution in [2.45, 2.75) is 59.3 Å². The van der Waals surface area contributed by atoms with E-state index in [0.717, 1.165) is 40.9 Å². The first-order chi connectivity index (χ1) is 19.7. The van der Waals surface area contributed by atoms with Crippen LogP contribution in [0.5, 0.6) is 0 Å². The number of halogens is 1. The molecule has 0 spiro atoms. The lowest BCUT2D eigenvalue weighted by Gasteiger charge is -2.29. The van der Waals surface area contributed by atoms with Crippen molar-refractivity contribution < 1.29 is 9.59 Å². The van der Waals surface area contributed by atoms with Gasteiger partial charge in [0.2, 0.25) is 0 Å². The molecule has 5 rings (SSSR count). The number of rotatable bonds is 7. The average molecular weight is 588 g/mol. The van der Waals surface area contributed by atoms with Crippen LogP contribution in [0.15, 0.2) is 58.7 Å². The van der Waals surface area contributed by atoms with Crippen LogP contribution in [-0.4, -0.2) is 39.2 Å². The number of aryl methyl sites for hydroxylation is 2. The van der Waals surface area contributed by atoms with Crippen LogP contribution in [0.3, 0.4) is 0 Å². The summed E-state index contributed by atoms with van der Waals surface area (Å²) in [4.78, 5) is 47.5. The zero-order valence-corrected chi connectivity index (χ0v) is 25.4. The molecule has 0 saturated carbocycles. The average Bonchev–Trinajstić information content (AvgIpc) is 3.46. The number of Topliss-reactive ketones (excluding diaryl/α,β-unsaturated/α-hetero) is 1. The molecule has 0 unspecified atom stereocenters. The second-order valence-corrected chi connectivity index (χ2v) is 12.0. The molecule has 1 amide bonds. The number of pyridine rings is 1. The van der Waals surface area contributed by atoms with Gasteiger partial charge in [0.15, 0.2) is 5.78 Å². The molecule has 6 nitrogen and oxygen atoms in total. The molecule has 0 N–H and O–H groups in total. The molecule has 8 heteroatoms. The van der Waals surface area contributed by atoms with Crippen LogP contribution in [0.2, 0.25) is 5.02 Å². The van der Waals surface area contributed by atoms with Crippen LogP contribution >= 0.6 is 22.9 Å². The van der Waals surface area contributed by atoms with Gasteiger partial charge in [0.1, 0.15) is 5.01 Å². The van der Waals surface area contributed by atoms with E-state index >= 15 is 0 Å². The molecule has 41 heavy (non-hydrogen) atoms. The lowest BCUT2D eigenvalue weighted by Crippen LogP contribution is -2.41. The molecule has 1 saturated heterocycles. The SMILES string of the molecule is CCc1cccc(CC)c1-n1c(C(C)C)c(C(=O)N2CCCC(=O)C2)cc(-c2nc(-c3ccc(Cl)cc3)cs2)c1=O. The van der Waals surface area contributed by atoms with Gasteiger partial charge in [-0.1, -0.05) is 69.6 Å². The Bertz CT molecular complexity index is 1650. The quantitative estimate of drug-likeness (QED) is 0.227. The molecule has 0 radical (unpaired) electrons. The highest BCUT2D eigenvalue weighted by atomic mass is 35.5. The normalized spacial score (nSPS) is 13.7. The number of benzene rings is 2. The number of thiazole rings is 1. The van der Waals surface area contributed by atoms with E-state index < -0.39 is 0 Å². The smallest absolute Gasteiger partial charge is 0.265 e. The molecule has 2 aromatic heterocycles. The van der Waals surface area contributed by atoms with E-state index in [1.54, 1.807) is 15.5 Å². The second kappa shape index (κ2) is 12.1. The zero-order chi connectivity index (χ0) is 29.3. The maximum absolute atomic E-state index is 14.6. The van der Waals surface area contributed by atoms with E-state index in [-0.39, 0.29) is 29.7 Å². The fourth-order valence-corrected chi connectivity index (χ4v) is 6.54. The first-order valence-electron chi connectivity index (χ1n) is 14.2. The molecule has 1 aliphatic heterocycles. The van der Waals surface area contributed by atoms with Crippen molar-refractivity contribution >= 4 is 34.6 Å². The number of carbonyl (C=O) groups is 2. The van der Waals surface area contributed by atoms with E-state index in [4.69, 9.17) is 16.6 Å². The van der Waals surface area contributed by atoms with Crippen LogP contribution in [0, 0.1) is 0 Å². The first-order valence-corrected chi connectivity index (χ1v) is 15.4. The van der Waals surface area contributed by atoms with Crippen molar-refractivity contribution in [3.8, 4) is 27.5 Å². The van der Waals surface area contributed by atoms with E-state index in [9.17, 15) is 14.4 Å². The first kappa shape index (κ1) is 29.0. The molecule has 0 aliphatic carbocycles. The minimum atomic E-state index is -0.224. The van der Waals surface area contributed by atoms with Gasteiger partial charge in [0.25, 0.3) is 11.5 Å². The van der Waals surface area contributed by atoms with Crippen molar-refractivity contribution in [3.05, 3.63) is 91.7 Å². The van der Waals surface area contributed by atoms with Crippen LogP contribution in [0.4, 0.5) is 0 Å². The van der Waals surface area contributed by atoms with Gasteiger partial charge in [-0.3, -0.25) is 19.0 Å². The number of para-hydroxylation sites is 1. The van der Waals surface area contributed by atoms with Crippen LogP contribution < -0.4 is 5.56 Å². The molecule has 1 aliphatic rings. The van der Waals surface area contributed by atoms with E-state index in [2.05, 4.69) is 13.8 Å². The van der Waals surface area contributed by atoms with E-state index in [1.807, 2.05) is 61.7 Å². The molecule has 2 aromatic carbocycles. The number of carbonyl (C=O) groups excluding carboxylic acids is 2. The van der Waals surface area contributed by atoms with E-state index in [1.165, 1.54) is 11.3 Å². The maximum Gasteiger partial charge on any atom is 0.265 e. The molecule has 212 valence electrons. The number of ketones is 1. The molecular weight excluding hydrogens is 554 g/mol. The van der Waals surface area contributed by atoms with Crippen LogP contribution in [0.1, 0.15) is 73.6 Å². The molecule has 3 heterocycles. The number of amides is 1. The largest absolute Gasteiger partial charge is 0.331 e. The predicted molar refractivity (Wildman–Crippen MR) is 167 cm³/mol. The molecule has 4 aromatic rings. The Morgan fingerprint density at radius 1 is 1.05 bits per heavy atom. The summed E-state index contributed by atoms with van der Waals surface area (Å²) in [5.41, 5.74) is 5.82. The van der Waals surface area contributed by atoms with Gasteiger partial charge >= 0.3 is 0 Å². The summed E-state index contributed by atoms with van der Waals surface area (Å²) in [6.07, 6.45) is 2.60. The number of hydrogen-bond acceptors (Lipinski definition) is 5. The van der Waals surface area contributed by atoms with Crippen molar-refractivity contribution in [2.75, 3.05) is 13.1 Å². The predicted octanol–water partition coefficient (Wildman–Crippen LogP) is 7.33. The monoisotopic (exact) mass is 587 g/mol. The highest BCUT2D eigenvalue weighted by molar-refractivity contribution is 7.13. The Hall–Kier alpha value is -3.55. The maximum atomic E-state index is 14.6. The Morgan fingerprint density at radius 3 is 2.34 bits per heavy atom. The third kappa shape index (κ3) is 5.66. The highest BCUT2D eigenvalue weighted by Gasteiger charge is 2.30. The number of hydrogen-bond donors (Lipinski definition) is 0. The molecule has 1 fully saturated rings. The van der Waals surface area contributed by atoms with Gasteiger partial charge in [0, 0.05) is 34.6 Å². The van der Waals surface area contributed by atoms with Gasteiger partial charge in [-0.2, -0.15) is 0 Å². The Morgan fingerprint density at radius 2 is 1.73 bits per heavy atom. The summed E-state index contributed by atoms with van der Waals surface area (Å²) in [5.74, 6) is -0.300. The summed E-state index contributed by atoms with van der Waals surface area (Å²) >= 11 is 7.46. The van der Waals surface area contributed by atoms with Gasteiger partial charge < -0.3 is 4.90 Å². The summed E-state index contributed by atoms with van der Waals surface area (Å²) < 4.78 is 1.76. The summed E-state index contributed by atoms with van der Waals surface area (Å²) in [7, 11) is 0. The Balaban J connectivity index is 1.80. The minimum absolute atomic E-state index is 0.0568. The highest BCUT2D eigenvalue weighted by Crippen LogP contribution is 2.33. The van der Waals surface area contributed by atoms with Gasteiger partial charge in [-0.25, -0.2) is 4.98 Å². The van der Waals surface area contributed by atoms with Crippen LogP contribution in [-0.2, 0) is 17.6 Å².